The number of rotatable bonds is 3. The summed E-state index contributed by atoms with van der Waals surface area (Å²) in [7, 11) is 1.77. The molecule has 0 saturated heterocycles. The molecular weight excluding hydrogens is 250 g/mol. The van der Waals surface area contributed by atoms with Crippen molar-refractivity contribution in [2.75, 3.05) is 13.6 Å². The highest BCUT2D eigenvalue weighted by atomic mass is 16.5. The highest BCUT2D eigenvalue weighted by Gasteiger charge is 2.33. The topological polar surface area (TPSA) is 45.7 Å². The lowest BCUT2D eigenvalue weighted by atomic mass is 9.90. The number of fused-ring (bicyclic) bond motifs is 1. The SMILES string of the molecule is C=CCNC(=NC)NC1CC(C)(C)Oc2ccccc21. The van der Waals surface area contributed by atoms with E-state index in [0.29, 0.717) is 6.54 Å². The minimum atomic E-state index is -0.191. The largest absolute Gasteiger partial charge is 0.487 e. The zero-order chi connectivity index (χ0) is 14.6. The second-order valence-electron chi connectivity index (χ2n) is 5.54. The van der Waals surface area contributed by atoms with Crippen LogP contribution in [-0.2, 0) is 0 Å². The average molecular weight is 273 g/mol. The smallest absolute Gasteiger partial charge is 0.191 e. The van der Waals surface area contributed by atoms with Crippen LogP contribution in [0.25, 0.3) is 0 Å². The molecule has 1 aliphatic rings. The summed E-state index contributed by atoms with van der Waals surface area (Å²) < 4.78 is 6.03. The predicted molar refractivity (Wildman–Crippen MR) is 83.2 cm³/mol. The number of hydrogen-bond donors (Lipinski definition) is 2. The molecule has 0 saturated carbocycles. The molecule has 0 fully saturated rings. The number of benzene rings is 1. The molecule has 1 aromatic carbocycles. The summed E-state index contributed by atoms with van der Waals surface area (Å²) in [6.45, 7) is 8.61. The van der Waals surface area contributed by atoms with E-state index in [-0.39, 0.29) is 11.6 Å². The van der Waals surface area contributed by atoms with Gasteiger partial charge >= 0.3 is 0 Å². The van der Waals surface area contributed by atoms with Gasteiger partial charge in [0.25, 0.3) is 0 Å². The highest BCUT2D eigenvalue weighted by molar-refractivity contribution is 5.80. The third-order valence-corrected chi connectivity index (χ3v) is 3.32. The fraction of sp³-hybridized carbons (Fsp3) is 0.438. The van der Waals surface area contributed by atoms with Crippen LogP contribution in [0.4, 0.5) is 0 Å². The van der Waals surface area contributed by atoms with Crippen molar-refractivity contribution in [3.63, 3.8) is 0 Å². The quantitative estimate of drug-likeness (QED) is 0.505. The third-order valence-electron chi connectivity index (χ3n) is 3.32. The molecule has 1 aromatic rings. The molecule has 1 aliphatic heterocycles. The van der Waals surface area contributed by atoms with Gasteiger partial charge in [-0.2, -0.15) is 0 Å². The first kappa shape index (κ1) is 14.4. The third kappa shape index (κ3) is 3.32. The van der Waals surface area contributed by atoms with Gasteiger partial charge in [0.05, 0.1) is 6.04 Å². The molecular formula is C16H23N3O. The van der Waals surface area contributed by atoms with Gasteiger partial charge in [0, 0.05) is 25.6 Å². The Bertz CT molecular complexity index is 508. The van der Waals surface area contributed by atoms with Crippen molar-refractivity contribution in [2.45, 2.75) is 31.9 Å². The van der Waals surface area contributed by atoms with Gasteiger partial charge in [-0.15, -0.1) is 6.58 Å². The van der Waals surface area contributed by atoms with Crippen LogP contribution in [0, 0.1) is 0 Å². The molecule has 0 bridgehead atoms. The zero-order valence-corrected chi connectivity index (χ0v) is 12.4. The number of guanidine groups is 1. The number of nitrogens with one attached hydrogen (secondary N) is 2. The van der Waals surface area contributed by atoms with Gasteiger partial charge in [-0.1, -0.05) is 24.3 Å². The molecule has 108 valence electrons. The Balaban J connectivity index is 2.20. The first-order valence-electron chi connectivity index (χ1n) is 6.92. The summed E-state index contributed by atoms with van der Waals surface area (Å²) >= 11 is 0. The molecule has 1 heterocycles. The van der Waals surface area contributed by atoms with Crippen molar-refractivity contribution < 1.29 is 4.74 Å². The first-order valence-corrected chi connectivity index (χ1v) is 6.92. The molecule has 4 nitrogen and oxygen atoms in total. The molecule has 0 amide bonds. The number of ether oxygens (including phenoxy) is 1. The van der Waals surface area contributed by atoms with Crippen LogP contribution in [0.3, 0.4) is 0 Å². The molecule has 4 heteroatoms. The van der Waals surface area contributed by atoms with Gasteiger partial charge < -0.3 is 15.4 Å². The van der Waals surface area contributed by atoms with E-state index in [4.69, 9.17) is 4.74 Å². The maximum Gasteiger partial charge on any atom is 0.191 e. The minimum absolute atomic E-state index is 0.186. The van der Waals surface area contributed by atoms with Crippen LogP contribution in [0.15, 0.2) is 41.9 Å². The fourth-order valence-electron chi connectivity index (χ4n) is 2.46. The van der Waals surface area contributed by atoms with Crippen molar-refractivity contribution in [3.8, 4) is 5.75 Å². The molecule has 1 unspecified atom stereocenters. The van der Waals surface area contributed by atoms with Crippen molar-refractivity contribution >= 4 is 5.96 Å². The summed E-state index contributed by atoms with van der Waals surface area (Å²) in [6, 6.07) is 8.34. The Labute approximate surface area is 120 Å². The van der Waals surface area contributed by atoms with Crippen molar-refractivity contribution in [1.29, 1.82) is 0 Å². The molecule has 0 radical (unpaired) electrons. The molecule has 0 aromatic heterocycles. The molecule has 0 aliphatic carbocycles. The van der Waals surface area contributed by atoms with Gasteiger partial charge in [0.2, 0.25) is 0 Å². The van der Waals surface area contributed by atoms with Crippen molar-refractivity contribution in [3.05, 3.63) is 42.5 Å². The standard InChI is InChI=1S/C16H23N3O/c1-5-10-18-15(17-4)19-13-11-16(2,3)20-14-9-7-6-8-12(13)14/h5-9,13H,1,10-11H2,2-4H3,(H2,17,18,19). The van der Waals surface area contributed by atoms with Crippen LogP contribution >= 0.6 is 0 Å². The van der Waals surface area contributed by atoms with Gasteiger partial charge in [-0.3, -0.25) is 4.99 Å². The Morgan fingerprint density at radius 3 is 2.95 bits per heavy atom. The van der Waals surface area contributed by atoms with Crippen LogP contribution in [0.1, 0.15) is 31.9 Å². The second kappa shape index (κ2) is 5.99. The minimum Gasteiger partial charge on any atom is -0.487 e. The van der Waals surface area contributed by atoms with E-state index in [9.17, 15) is 0 Å². The first-order chi connectivity index (χ1) is 9.55. The van der Waals surface area contributed by atoms with Crippen LogP contribution < -0.4 is 15.4 Å². The lowest BCUT2D eigenvalue weighted by Gasteiger charge is -2.38. The molecule has 2 rings (SSSR count). The lowest BCUT2D eigenvalue weighted by Crippen LogP contribution is -2.45. The normalized spacial score (nSPS) is 20.6. The number of nitrogens with zero attached hydrogens (tertiary/aromatic N) is 1. The Hall–Kier alpha value is -1.97. The monoisotopic (exact) mass is 273 g/mol. The molecule has 2 N–H and O–H groups in total. The maximum atomic E-state index is 6.03. The summed E-state index contributed by atoms with van der Waals surface area (Å²) in [5, 5.41) is 6.67. The lowest BCUT2D eigenvalue weighted by molar-refractivity contribution is 0.0694. The van der Waals surface area contributed by atoms with Crippen LogP contribution in [0.5, 0.6) is 5.75 Å². The van der Waals surface area contributed by atoms with E-state index in [0.717, 1.165) is 18.1 Å². The van der Waals surface area contributed by atoms with Gasteiger partial charge in [-0.05, 0) is 19.9 Å². The summed E-state index contributed by atoms with van der Waals surface area (Å²) in [5.41, 5.74) is 0.983. The van der Waals surface area contributed by atoms with Crippen molar-refractivity contribution in [2.24, 2.45) is 4.99 Å². The van der Waals surface area contributed by atoms with E-state index in [1.807, 2.05) is 24.3 Å². The predicted octanol–water partition coefficient (Wildman–Crippen LogP) is 2.64. The van der Waals surface area contributed by atoms with E-state index < -0.39 is 0 Å². The molecule has 0 spiro atoms. The molecule has 20 heavy (non-hydrogen) atoms. The van der Waals surface area contributed by atoms with Gasteiger partial charge in [0.1, 0.15) is 11.4 Å². The zero-order valence-electron chi connectivity index (χ0n) is 12.4. The van der Waals surface area contributed by atoms with Crippen LogP contribution in [0.2, 0.25) is 0 Å². The van der Waals surface area contributed by atoms with Crippen molar-refractivity contribution in [1.82, 2.24) is 10.6 Å². The Kier molecular flexibility index (Phi) is 4.32. The average Bonchev–Trinajstić information content (AvgIpc) is 2.42. The van der Waals surface area contributed by atoms with E-state index in [1.54, 1.807) is 7.05 Å². The van der Waals surface area contributed by atoms with E-state index in [2.05, 4.69) is 42.1 Å². The molecule has 1 atom stereocenters. The summed E-state index contributed by atoms with van der Waals surface area (Å²) in [6.07, 6.45) is 2.70. The number of hydrogen-bond acceptors (Lipinski definition) is 2. The number of aliphatic imine (C=N–C) groups is 1. The van der Waals surface area contributed by atoms with E-state index >= 15 is 0 Å². The Morgan fingerprint density at radius 2 is 2.25 bits per heavy atom. The van der Waals surface area contributed by atoms with Gasteiger partial charge in [0.15, 0.2) is 5.96 Å². The fourth-order valence-corrected chi connectivity index (χ4v) is 2.46. The Morgan fingerprint density at radius 1 is 1.50 bits per heavy atom. The van der Waals surface area contributed by atoms with Crippen LogP contribution in [-0.4, -0.2) is 25.2 Å². The van der Waals surface area contributed by atoms with E-state index in [1.165, 1.54) is 5.56 Å². The van der Waals surface area contributed by atoms with Gasteiger partial charge in [-0.25, -0.2) is 0 Å². The number of para-hydroxylation sites is 1. The summed E-state index contributed by atoms with van der Waals surface area (Å²) in [5.74, 6) is 1.72. The highest BCUT2D eigenvalue weighted by Crippen LogP contribution is 2.39. The second-order valence-corrected chi connectivity index (χ2v) is 5.54. The maximum absolute atomic E-state index is 6.03. The summed E-state index contributed by atoms with van der Waals surface area (Å²) in [4.78, 5) is 4.25.